The summed E-state index contributed by atoms with van der Waals surface area (Å²) in [5, 5.41) is 4.69. The number of benzene rings is 1. The van der Waals surface area contributed by atoms with E-state index in [2.05, 4.69) is 58.9 Å². The Labute approximate surface area is 176 Å². The molecule has 3 rings (SSSR count). The lowest BCUT2D eigenvalue weighted by Gasteiger charge is -2.14. The molecule has 5 nitrogen and oxygen atoms in total. The van der Waals surface area contributed by atoms with Crippen LogP contribution < -0.4 is 4.74 Å². The third kappa shape index (κ3) is 7.65. The summed E-state index contributed by atoms with van der Waals surface area (Å²) < 4.78 is 7.93. The molecule has 1 aliphatic heterocycles. The van der Waals surface area contributed by atoms with Crippen molar-refractivity contribution < 1.29 is 9.53 Å². The molecule has 1 aliphatic rings. The second-order valence-electron chi connectivity index (χ2n) is 7.55. The maximum absolute atomic E-state index is 9.81. The lowest BCUT2D eigenvalue weighted by molar-refractivity contribution is -0.116. The van der Waals surface area contributed by atoms with Gasteiger partial charge in [-0.3, -0.25) is 0 Å². The first-order chi connectivity index (χ1) is 14.1. The molecule has 0 unspecified atom stereocenters. The molecule has 2 heterocycles. The largest absolute Gasteiger partial charge is 0.494 e. The Morgan fingerprint density at radius 2 is 1.72 bits per heavy atom. The van der Waals surface area contributed by atoms with Gasteiger partial charge in [0.1, 0.15) is 11.5 Å². The first-order valence-electron chi connectivity index (χ1n) is 11.1. The lowest BCUT2D eigenvalue weighted by Crippen LogP contribution is -2.21. The van der Waals surface area contributed by atoms with Crippen molar-refractivity contribution in [2.45, 2.75) is 66.2 Å². The summed E-state index contributed by atoms with van der Waals surface area (Å²) >= 11 is 0. The number of aromatic nitrogens is 2. The van der Waals surface area contributed by atoms with Gasteiger partial charge in [0.15, 0.2) is 0 Å². The molecule has 0 spiro atoms. The minimum Gasteiger partial charge on any atom is -0.494 e. The van der Waals surface area contributed by atoms with Crippen LogP contribution in [0.15, 0.2) is 30.3 Å². The maximum atomic E-state index is 9.81. The van der Waals surface area contributed by atoms with Gasteiger partial charge >= 0.3 is 0 Å². The third-order valence-corrected chi connectivity index (χ3v) is 5.22. The second kappa shape index (κ2) is 12.4. The molecule has 0 aliphatic carbocycles. The van der Waals surface area contributed by atoms with E-state index in [0.29, 0.717) is 6.42 Å². The van der Waals surface area contributed by atoms with Crippen LogP contribution >= 0.6 is 0 Å². The van der Waals surface area contributed by atoms with Gasteiger partial charge in [0, 0.05) is 18.7 Å². The van der Waals surface area contributed by atoms with E-state index >= 15 is 0 Å². The summed E-state index contributed by atoms with van der Waals surface area (Å²) in [5.41, 5.74) is 3.51. The standard InChI is InChI=1S/C20H29N3O.C4H8O/c1-3-17-16-18(4-2)23(21-17)19-8-10-20(11-9-19)24-15-7-14-22-12-5-6-13-22;1-3-4(2)5/h8-11,16H,3-7,12-15H2,1-2H3;3H2,1-2H3. The van der Waals surface area contributed by atoms with E-state index in [9.17, 15) is 4.79 Å². The fourth-order valence-electron chi connectivity index (χ4n) is 3.29. The van der Waals surface area contributed by atoms with Crippen molar-refractivity contribution >= 4 is 5.78 Å². The van der Waals surface area contributed by atoms with E-state index in [1.165, 1.54) is 31.6 Å². The van der Waals surface area contributed by atoms with Crippen molar-refractivity contribution in [2.75, 3.05) is 26.2 Å². The van der Waals surface area contributed by atoms with E-state index in [1.54, 1.807) is 6.92 Å². The Morgan fingerprint density at radius 3 is 2.28 bits per heavy atom. The number of hydrogen-bond donors (Lipinski definition) is 0. The number of carbonyl (C=O) groups excluding carboxylic acids is 1. The van der Waals surface area contributed by atoms with E-state index in [1.807, 2.05) is 6.92 Å². The number of carbonyl (C=O) groups is 1. The predicted octanol–water partition coefficient (Wildman–Crippen LogP) is 4.85. The molecule has 1 fully saturated rings. The molecule has 0 atom stereocenters. The Hall–Kier alpha value is -2.14. The zero-order chi connectivity index (χ0) is 21.1. The molecule has 1 aromatic carbocycles. The highest BCUT2D eigenvalue weighted by Gasteiger charge is 2.10. The lowest BCUT2D eigenvalue weighted by atomic mass is 10.2. The predicted molar refractivity (Wildman–Crippen MR) is 119 cm³/mol. The fourth-order valence-corrected chi connectivity index (χ4v) is 3.29. The Balaban J connectivity index is 0.000000537. The second-order valence-corrected chi connectivity index (χ2v) is 7.55. The normalized spacial score (nSPS) is 13.8. The number of ketones is 1. The number of hydrogen-bond acceptors (Lipinski definition) is 4. The first-order valence-corrected chi connectivity index (χ1v) is 11.1. The van der Waals surface area contributed by atoms with Crippen LogP contribution in [0.2, 0.25) is 0 Å². The molecule has 0 N–H and O–H groups in total. The van der Waals surface area contributed by atoms with Crippen molar-refractivity contribution in [1.29, 1.82) is 0 Å². The summed E-state index contributed by atoms with van der Waals surface area (Å²) in [6.07, 6.45) is 6.44. The van der Waals surface area contributed by atoms with Crippen molar-refractivity contribution in [2.24, 2.45) is 0 Å². The zero-order valence-electron chi connectivity index (χ0n) is 18.6. The van der Waals surface area contributed by atoms with Gasteiger partial charge in [0.25, 0.3) is 0 Å². The molecule has 1 aromatic heterocycles. The Morgan fingerprint density at radius 1 is 1.07 bits per heavy atom. The van der Waals surface area contributed by atoms with E-state index < -0.39 is 0 Å². The smallest absolute Gasteiger partial charge is 0.129 e. The monoisotopic (exact) mass is 399 g/mol. The highest BCUT2D eigenvalue weighted by atomic mass is 16.5. The van der Waals surface area contributed by atoms with Crippen molar-refractivity contribution in [3.8, 4) is 11.4 Å². The van der Waals surface area contributed by atoms with Gasteiger partial charge in [0.05, 0.1) is 18.0 Å². The fraction of sp³-hybridized carbons (Fsp3) is 0.583. The summed E-state index contributed by atoms with van der Waals surface area (Å²) in [5.74, 6) is 1.20. The minimum absolute atomic E-state index is 0.255. The number of Topliss-reactive ketones (excluding diaryl/α,β-unsaturated/α-hetero) is 1. The van der Waals surface area contributed by atoms with Crippen LogP contribution in [0.4, 0.5) is 0 Å². The number of nitrogens with zero attached hydrogens (tertiary/aromatic N) is 3. The molecule has 2 aromatic rings. The molecule has 1 saturated heterocycles. The number of likely N-dealkylation sites (tertiary alicyclic amines) is 1. The van der Waals surface area contributed by atoms with Crippen molar-refractivity contribution in [3.63, 3.8) is 0 Å². The van der Waals surface area contributed by atoms with Crippen LogP contribution in [0.5, 0.6) is 5.75 Å². The summed E-state index contributed by atoms with van der Waals surface area (Å²) in [6.45, 7) is 12.2. The van der Waals surface area contributed by atoms with Crippen LogP contribution in [-0.2, 0) is 17.6 Å². The Bertz CT molecular complexity index is 731. The highest BCUT2D eigenvalue weighted by Crippen LogP contribution is 2.18. The van der Waals surface area contributed by atoms with Gasteiger partial charge in [-0.25, -0.2) is 4.68 Å². The molecule has 0 radical (unpaired) electrons. The van der Waals surface area contributed by atoms with E-state index in [4.69, 9.17) is 4.74 Å². The average Bonchev–Trinajstić information content (AvgIpc) is 3.41. The molecular weight excluding hydrogens is 362 g/mol. The van der Waals surface area contributed by atoms with Gasteiger partial charge in [-0.2, -0.15) is 5.10 Å². The van der Waals surface area contributed by atoms with Crippen LogP contribution in [0.25, 0.3) is 5.69 Å². The SMILES string of the molecule is CCC(C)=O.CCc1cc(CC)n(-c2ccc(OCCCN3CCCC3)cc2)n1. The molecule has 0 saturated carbocycles. The van der Waals surface area contributed by atoms with Gasteiger partial charge in [-0.1, -0.05) is 20.8 Å². The quantitative estimate of drug-likeness (QED) is 0.566. The van der Waals surface area contributed by atoms with E-state index in [-0.39, 0.29) is 5.78 Å². The topological polar surface area (TPSA) is 47.4 Å². The minimum atomic E-state index is 0.255. The van der Waals surface area contributed by atoms with Crippen molar-refractivity contribution in [3.05, 3.63) is 41.7 Å². The van der Waals surface area contributed by atoms with Gasteiger partial charge < -0.3 is 14.4 Å². The van der Waals surface area contributed by atoms with Gasteiger partial charge in [-0.05, 0) is 82.4 Å². The summed E-state index contributed by atoms with van der Waals surface area (Å²) in [7, 11) is 0. The average molecular weight is 400 g/mol. The van der Waals surface area contributed by atoms with Gasteiger partial charge in [-0.15, -0.1) is 0 Å². The highest BCUT2D eigenvalue weighted by molar-refractivity contribution is 5.74. The van der Waals surface area contributed by atoms with Crippen LogP contribution in [0, 0.1) is 0 Å². The van der Waals surface area contributed by atoms with Crippen LogP contribution in [0.1, 0.15) is 64.8 Å². The summed E-state index contributed by atoms with van der Waals surface area (Å²) in [4.78, 5) is 12.3. The molecular formula is C24H37N3O2. The first kappa shape index (κ1) is 23.1. The van der Waals surface area contributed by atoms with E-state index in [0.717, 1.165) is 49.5 Å². The molecule has 0 amide bonds. The maximum Gasteiger partial charge on any atom is 0.129 e. The number of ether oxygens (including phenoxy) is 1. The molecule has 0 bridgehead atoms. The zero-order valence-corrected chi connectivity index (χ0v) is 18.6. The van der Waals surface area contributed by atoms with Gasteiger partial charge in [0.2, 0.25) is 0 Å². The number of aryl methyl sites for hydroxylation is 2. The molecule has 160 valence electrons. The summed E-state index contributed by atoms with van der Waals surface area (Å²) in [6, 6.07) is 10.5. The molecule has 29 heavy (non-hydrogen) atoms. The number of rotatable bonds is 9. The third-order valence-electron chi connectivity index (χ3n) is 5.22. The molecule has 5 heteroatoms. The van der Waals surface area contributed by atoms with Crippen LogP contribution in [-0.4, -0.2) is 46.7 Å². The van der Waals surface area contributed by atoms with Crippen LogP contribution in [0.3, 0.4) is 0 Å². The van der Waals surface area contributed by atoms with Crippen molar-refractivity contribution in [1.82, 2.24) is 14.7 Å². The Kier molecular flexibility index (Phi) is 9.92.